The number of carbonyl (C=O) groups excluding carboxylic acids is 1. The molecule has 1 saturated heterocycles. The van der Waals surface area contributed by atoms with Crippen molar-refractivity contribution in [1.29, 1.82) is 0 Å². The van der Waals surface area contributed by atoms with Gasteiger partial charge >= 0.3 is 0 Å². The molecule has 25 heavy (non-hydrogen) atoms. The molecule has 1 fully saturated rings. The molecule has 2 atom stereocenters. The summed E-state index contributed by atoms with van der Waals surface area (Å²) < 4.78 is 23.6. The van der Waals surface area contributed by atoms with Gasteiger partial charge in [-0.1, -0.05) is 30.8 Å². The number of hydrogen-bond acceptors (Lipinski definition) is 5. The first kappa shape index (κ1) is 18.3. The van der Waals surface area contributed by atoms with E-state index in [1.807, 2.05) is 38.1 Å². The highest BCUT2D eigenvalue weighted by molar-refractivity contribution is 7.99. The van der Waals surface area contributed by atoms with Crippen molar-refractivity contribution in [2.45, 2.75) is 43.9 Å². The maximum absolute atomic E-state index is 12.8. The molecule has 2 aromatic rings. The molecule has 0 spiro atoms. The molecule has 1 aliphatic heterocycles. The van der Waals surface area contributed by atoms with Crippen molar-refractivity contribution in [3.8, 4) is 0 Å². The Labute approximate surface area is 152 Å². The van der Waals surface area contributed by atoms with E-state index in [4.69, 9.17) is 0 Å². The van der Waals surface area contributed by atoms with Crippen molar-refractivity contribution in [3.63, 3.8) is 0 Å². The van der Waals surface area contributed by atoms with Crippen LogP contribution >= 0.6 is 11.8 Å². The average Bonchev–Trinajstić information content (AvgIpc) is 3.15. The van der Waals surface area contributed by atoms with Gasteiger partial charge in [0.05, 0.1) is 28.3 Å². The maximum atomic E-state index is 12.8. The number of fused-ring (bicyclic) bond motifs is 1. The van der Waals surface area contributed by atoms with Crippen LogP contribution in [0.25, 0.3) is 11.0 Å². The average molecular weight is 382 g/mol. The SMILES string of the molecule is CC[C@H](C)N(C(=O)CSc1nc2ccccc2[nH]1)[C@@H]1CCS(=O)(=O)C1. The lowest BCUT2D eigenvalue weighted by Gasteiger charge is -2.33. The second-order valence-electron chi connectivity index (χ2n) is 6.46. The minimum absolute atomic E-state index is 0.0260. The summed E-state index contributed by atoms with van der Waals surface area (Å²) in [4.78, 5) is 22.2. The molecule has 1 aromatic heterocycles. The number of thioether (sulfide) groups is 1. The Kier molecular flexibility index (Phi) is 5.38. The van der Waals surface area contributed by atoms with Crippen LogP contribution in [0.4, 0.5) is 0 Å². The predicted molar refractivity (Wildman–Crippen MR) is 100 cm³/mol. The molecule has 136 valence electrons. The first-order valence-corrected chi connectivity index (χ1v) is 11.3. The van der Waals surface area contributed by atoms with Crippen molar-refractivity contribution in [2.24, 2.45) is 0 Å². The summed E-state index contributed by atoms with van der Waals surface area (Å²) >= 11 is 1.36. The van der Waals surface area contributed by atoms with Gasteiger partial charge in [0, 0.05) is 12.1 Å². The van der Waals surface area contributed by atoms with Crippen molar-refractivity contribution in [1.82, 2.24) is 14.9 Å². The summed E-state index contributed by atoms with van der Waals surface area (Å²) in [6, 6.07) is 7.56. The summed E-state index contributed by atoms with van der Waals surface area (Å²) in [7, 11) is -3.02. The van der Waals surface area contributed by atoms with Crippen LogP contribution in [0.1, 0.15) is 26.7 Å². The third-order valence-electron chi connectivity index (χ3n) is 4.66. The van der Waals surface area contributed by atoms with Crippen LogP contribution in [0, 0.1) is 0 Å². The van der Waals surface area contributed by atoms with Crippen LogP contribution in [0.5, 0.6) is 0 Å². The zero-order valence-corrected chi connectivity index (χ0v) is 16.1. The predicted octanol–water partition coefficient (Wildman–Crippen LogP) is 2.47. The fourth-order valence-corrected chi connectivity index (χ4v) is 5.67. The number of nitrogens with zero attached hydrogens (tertiary/aromatic N) is 2. The molecule has 0 bridgehead atoms. The van der Waals surface area contributed by atoms with Crippen LogP contribution < -0.4 is 0 Å². The summed E-state index contributed by atoms with van der Waals surface area (Å²) in [5.41, 5.74) is 1.82. The highest BCUT2D eigenvalue weighted by Crippen LogP contribution is 2.24. The third kappa shape index (κ3) is 4.17. The molecule has 0 unspecified atom stereocenters. The summed E-state index contributed by atoms with van der Waals surface area (Å²) in [5.74, 6) is 0.482. The Bertz CT molecular complexity index is 830. The molecule has 0 radical (unpaired) electrons. The fourth-order valence-electron chi connectivity index (χ4n) is 3.20. The largest absolute Gasteiger partial charge is 0.335 e. The minimum Gasteiger partial charge on any atom is -0.335 e. The molecular formula is C17H23N3O3S2. The number of amides is 1. The number of carbonyl (C=O) groups is 1. The number of rotatable bonds is 6. The number of H-pyrrole nitrogens is 1. The van der Waals surface area contributed by atoms with Crippen molar-refractivity contribution in [2.75, 3.05) is 17.3 Å². The molecule has 2 heterocycles. The molecule has 0 saturated carbocycles. The molecular weight excluding hydrogens is 358 g/mol. The lowest BCUT2D eigenvalue weighted by Crippen LogP contribution is -2.47. The molecule has 3 rings (SSSR count). The standard InChI is InChI=1S/C17H23N3O3S2/c1-3-12(2)20(13-8-9-25(22,23)11-13)16(21)10-24-17-18-14-6-4-5-7-15(14)19-17/h4-7,12-13H,3,8-11H2,1-2H3,(H,18,19)/t12-,13+/m0/s1. The van der Waals surface area contributed by atoms with Gasteiger partial charge in [0.25, 0.3) is 0 Å². The molecule has 1 N–H and O–H groups in total. The van der Waals surface area contributed by atoms with E-state index >= 15 is 0 Å². The Morgan fingerprint density at radius 3 is 2.84 bits per heavy atom. The molecule has 1 aliphatic rings. The highest BCUT2D eigenvalue weighted by atomic mass is 32.2. The van der Waals surface area contributed by atoms with E-state index in [1.165, 1.54) is 11.8 Å². The third-order valence-corrected chi connectivity index (χ3v) is 7.26. The van der Waals surface area contributed by atoms with Crippen LogP contribution in [-0.2, 0) is 14.6 Å². The molecule has 6 nitrogen and oxygen atoms in total. The molecule has 1 aromatic carbocycles. The lowest BCUT2D eigenvalue weighted by molar-refractivity contribution is -0.132. The Morgan fingerprint density at radius 2 is 2.20 bits per heavy atom. The van der Waals surface area contributed by atoms with E-state index in [0.717, 1.165) is 17.5 Å². The number of imidazole rings is 1. The number of aromatic nitrogens is 2. The molecule has 1 amide bonds. The van der Waals surface area contributed by atoms with Gasteiger partial charge in [-0.05, 0) is 31.9 Å². The second kappa shape index (κ2) is 7.37. The van der Waals surface area contributed by atoms with E-state index in [1.54, 1.807) is 4.90 Å². The van der Waals surface area contributed by atoms with Crippen molar-refractivity contribution >= 4 is 38.5 Å². The lowest BCUT2D eigenvalue weighted by atomic mass is 10.1. The Morgan fingerprint density at radius 1 is 1.44 bits per heavy atom. The fraction of sp³-hybridized carbons (Fsp3) is 0.529. The normalized spacial score (nSPS) is 20.6. The van der Waals surface area contributed by atoms with Crippen LogP contribution in [0.3, 0.4) is 0 Å². The van der Waals surface area contributed by atoms with Crippen LogP contribution in [0.15, 0.2) is 29.4 Å². The van der Waals surface area contributed by atoms with Crippen LogP contribution in [-0.4, -0.2) is 58.5 Å². The van der Waals surface area contributed by atoms with E-state index in [2.05, 4.69) is 9.97 Å². The van der Waals surface area contributed by atoms with E-state index in [0.29, 0.717) is 11.6 Å². The number of nitrogens with one attached hydrogen (secondary N) is 1. The van der Waals surface area contributed by atoms with E-state index in [-0.39, 0.29) is 35.2 Å². The zero-order valence-electron chi connectivity index (χ0n) is 14.4. The summed E-state index contributed by atoms with van der Waals surface area (Å²) in [5, 5.41) is 0.706. The van der Waals surface area contributed by atoms with Crippen molar-refractivity contribution < 1.29 is 13.2 Å². The number of aromatic amines is 1. The van der Waals surface area contributed by atoms with Crippen molar-refractivity contribution in [3.05, 3.63) is 24.3 Å². The highest BCUT2D eigenvalue weighted by Gasteiger charge is 2.36. The first-order chi connectivity index (χ1) is 11.9. The van der Waals surface area contributed by atoms with Gasteiger partial charge in [0.15, 0.2) is 15.0 Å². The summed E-state index contributed by atoms with van der Waals surface area (Å²) in [6.07, 6.45) is 1.34. The van der Waals surface area contributed by atoms with Gasteiger partial charge in [-0.3, -0.25) is 4.79 Å². The molecule has 8 heteroatoms. The Hall–Kier alpha value is -1.54. The van der Waals surface area contributed by atoms with Gasteiger partial charge in [-0.15, -0.1) is 0 Å². The van der Waals surface area contributed by atoms with Gasteiger partial charge in [-0.25, -0.2) is 13.4 Å². The zero-order chi connectivity index (χ0) is 18.0. The summed E-state index contributed by atoms with van der Waals surface area (Å²) in [6.45, 7) is 4.00. The number of hydrogen-bond donors (Lipinski definition) is 1. The topological polar surface area (TPSA) is 83.1 Å². The van der Waals surface area contributed by atoms with Gasteiger partial charge in [0.2, 0.25) is 5.91 Å². The number of sulfone groups is 1. The second-order valence-corrected chi connectivity index (χ2v) is 9.66. The Balaban J connectivity index is 1.69. The monoisotopic (exact) mass is 381 g/mol. The van der Waals surface area contributed by atoms with Crippen LogP contribution in [0.2, 0.25) is 0 Å². The van der Waals surface area contributed by atoms with E-state index < -0.39 is 9.84 Å². The first-order valence-electron chi connectivity index (χ1n) is 8.48. The van der Waals surface area contributed by atoms with Gasteiger partial charge in [0.1, 0.15) is 0 Å². The quantitative estimate of drug-likeness (QED) is 0.777. The van der Waals surface area contributed by atoms with Gasteiger partial charge in [-0.2, -0.15) is 0 Å². The number of para-hydroxylation sites is 2. The smallest absolute Gasteiger partial charge is 0.233 e. The maximum Gasteiger partial charge on any atom is 0.233 e. The number of benzene rings is 1. The van der Waals surface area contributed by atoms with Gasteiger partial charge < -0.3 is 9.88 Å². The van der Waals surface area contributed by atoms with E-state index in [9.17, 15) is 13.2 Å². The molecule has 0 aliphatic carbocycles. The minimum atomic E-state index is -3.02.